The zero-order valence-corrected chi connectivity index (χ0v) is 24.5. The molecule has 4 rings (SSSR count). The van der Waals surface area contributed by atoms with Crippen LogP contribution in [0.5, 0.6) is 17.2 Å². The van der Waals surface area contributed by atoms with Crippen LogP contribution in [0.3, 0.4) is 0 Å². The van der Waals surface area contributed by atoms with E-state index in [-0.39, 0.29) is 30.8 Å². The van der Waals surface area contributed by atoms with Crippen molar-refractivity contribution in [2.75, 3.05) is 27.4 Å². The van der Waals surface area contributed by atoms with Crippen molar-refractivity contribution in [3.63, 3.8) is 0 Å². The second-order valence-corrected chi connectivity index (χ2v) is 11.5. The highest BCUT2D eigenvalue weighted by molar-refractivity contribution is 7.21. The summed E-state index contributed by atoms with van der Waals surface area (Å²) in [6.45, 7) is 2.29. The van der Waals surface area contributed by atoms with Gasteiger partial charge in [0.2, 0.25) is 0 Å². The number of Topliss-reactive ketones (excluding diaryl/α,β-unsaturated/α-hetero) is 2. The van der Waals surface area contributed by atoms with E-state index >= 15 is 0 Å². The summed E-state index contributed by atoms with van der Waals surface area (Å²) in [6.07, 6.45) is 0.708. The number of aliphatic carboxylic acids is 1. The van der Waals surface area contributed by atoms with Gasteiger partial charge in [-0.15, -0.1) is 22.7 Å². The Morgan fingerprint density at radius 1 is 0.805 bits per heavy atom. The summed E-state index contributed by atoms with van der Waals surface area (Å²) in [4.78, 5) is 48.5. The summed E-state index contributed by atoms with van der Waals surface area (Å²) < 4.78 is 23.7. The number of thiophene rings is 2. The Morgan fingerprint density at radius 2 is 1.49 bits per heavy atom. The summed E-state index contributed by atoms with van der Waals surface area (Å²) in [5, 5.41) is 10.8. The van der Waals surface area contributed by atoms with Gasteiger partial charge in [-0.05, 0) is 47.2 Å². The average Bonchev–Trinajstić information content (AvgIpc) is 3.58. The molecule has 0 aliphatic heterocycles. The fourth-order valence-corrected chi connectivity index (χ4v) is 6.11. The summed E-state index contributed by atoms with van der Waals surface area (Å²) in [6, 6.07) is 12.8. The number of ketones is 2. The SMILES string of the molecule is COC(=O)CCC(=O)c1cc2ccc(OCCCOc3cc4cc(C(=O)CC(C)C(=O)O)sc4cc3OC)cc2s1. The first-order chi connectivity index (χ1) is 19.7. The zero-order valence-electron chi connectivity index (χ0n) is 22.9. The van der Waals surface area contributed by atoms with Crippen LogP contribution in [0, 0.1) is 5.92 Å². The lowest BCUT2D eigenvalue weighted by molar-refractivity contribution is -0.141. The van der Waals surface area contributed by atoms with Crippen LogP contribution in [0.4, 0.5) is 0 Å². The first kappa shape index (κ1) is 30.0. The van der Waals surface area contributed by atoms with E-state index in [1.165, 1.54) is 36.7 Å². The number of carbonyl (C=O) groups is 4. The second-order valence-electron chi connectivity index (χ2n) is 9.38. The third kappa shape index (κ3) is 7.62. The van der Waals surface area contributed by atoms with Crippen LogP contribution in [0.1, 0.15) is 52.0 Å². The third-order valence-electron chi connectivity index (χ3n) is 6.36. The number of fused-ring (bicyclic) bond motifs is 2. The molecule has 4 aromatic rings. The van der Waals surface area contributed by atoms with Gasteiger partial charge < -0.3 is 24.1 Å². The smallest absolute Gasteiger partial charge is 0.306 e. The molecule has 2 aromatic carbocycles. The molecule has 0 aliphatic carbocycles. The van der Waals surface area contributed by atoms with Crippen LogP contribution in [-0.2, 0) is 14.3 Å². The molecule has 9 nitrogen and oxygen atoms in total. The van der Waals surface area contributed by atoms with Gasteiger partial charge in [-0.2, -0.15) is 0 Å². The quantitative estimate of drug-likeness (QED) is 0.0939. The minimum atomic E-state index is -0.998. The van der Waals surface area contributed by atoms with E-state index in [2.05, 4.69) is 4.74 Å². The van der Waals surface area contributed by atoms with Crippen molar-refractivity contribution >= 4 is 66.4 Å². The van der Waals surface area contributed by atoms with Crippen molar-refractivity contribution in [2.24, 2.45) is 5.92 Å². The molecule has 2 heterocycles. The van der Waals surface area contributed by atoms with Gasteiger partial charge in [0.25, 0.3) is 0 Å². The Kier molecular flexibility index (Phi) is 9.95. The minimum absolute atomic E-state index is 0.0571. The standard InChI is InChI=1S/C30H30O9S2/c1-17(30(34)35)11-22(32)28-14-19-12-24(23(36-2)16-26(19)41-28)39-10-4-9-38-20-6-5-18-13-27(40-25(18)15-20)21(31)7-8-29(33)37-3/h5-6,12-17H,4,7-11H2,1-3H3,(H,34,35). The first-order valence-corrected chi connectivity index (χ1v) is 14.6. The molecule has 0 amide bonds. The van der Waals surface area contributed by atoms with Crippen molar-refractivity contribution in [3.8, 4) is 17.2 Å². The molecule has 1 N–H and O–H groups in total. The third-order valence-corrected chi connectivity index (χ3v) is 8.63. The Bertz CT molecular complexity index is 1580. The van der Waals surface area contributed by atoms with Crippen LogP contribution in [0.2, 0.25) is 0 Å². The summed E-state index contributed by atoms with van der Waals surface area (Å²) in [7, 11) is 2.85. The van der Waals surface area contributed by atoms with Gasteiger partial charge in [0.15, 0.2) is 23.1 Å². The lowest BCUT2D eigenvalue weighted by atomic mass is 10.0. The summed E-state index contributed by atoms with van der Waals surface area (Å²) in [5.74, 6) is -0.693. The molecule has 11 heteroatoms. The first-order valence-electron chi connectivity index (χ1n) is 12.9. The molecule has 0 saturated carbocycles. The number of benzene rings is 2. The number of ether oxygens (including phenoxy) is 4. The topological polar surface area (TPSA) is 125 Å². The molecule has 41 heavy (non-hydrogen) atoms. The molecule has 0 bridgehead atoms. The van der Waals surface area contributed by atoms with E-state index in [1.807, 2.05) is 36.4 Å². The van der Waals surface area contributed by atoms with Gasteiger partial charge in [0.1, 0.15) is 5.75 Å². The molecular formula is C30H30O9S2. The Balaban J connectivity index is 1.31. The normalized spacial score (nSPS) is 11.8. The number of esters is 1. The van der Waals surface area contributed by atoms with Crippen molar-refractivity contribution in [2.45, 2.75) is 32.6 Å². The molecule has 2 aromatic heterocycles. The maximum atomic E-state index is 12.5. The summed E-state index contributed by atoms with van der Waals surface area (Å²) in [5.41, 5.74) is 0. The molecule has 1 atom stereocenters. The number of hydrogen-bond acceptors (Lipinski definition) is 10. The molecule has 1 unspecified atom stereocenters. The second kappa shape index (κ2) is 13.6. The van der Waals surface area contributed by atoms with Gasteiger partial charge in [-0.1, -0.05) is 6.92 Å². The maximum absolute atomic E-state index is 12.5. The number of methoxy groups -OCH3 is 2. The highest BCUT2D eigenvalue weighted by Gasteiger charge is 2.20. The van der Waals surface area contributed by atoms with Crippen molar-refractivity contribution < 1.29 is 43.2 Å². The van der Waals surface area contributed by atoms with Gasteiger partial charge in [0.05, 0.1) is 49.5 Å². The molecule has 0 aliphatic rings. The fourth-order valence-electron chi connectivity index (χ4n) is 4.03. The Labute approximate surface area is 244 Å². The van der Waals surface area contributed by atoms with Gasteiger partial charge >= 0.3 is 11.9 Å². The van der Waals surface area contributed by atoms with E-state index in [9.17, 15) is 19.2 Å². The van der Waals surface area contributed by atoms with Crippen molar-refractivity contribution in [1.82, 2.24) is 0 Å². The van der Waals surface area contributed by atoms with Crippen LogP contribution < -0.4 is 14.2 Å². The fraction of sp³-hybridized carbons (Fsp3) is 0.333. The van der Waals surface area contributed by atoms with E-state index in [4.69, 9.17) is 19.3 Å². The Morgan fingerprint density at radius 3 is 2.20 bits per heavy atom. The van der Waals surface area contributed by atoms with Gasteiger partial charge in [-0.25, -0.2) is 0 Å². The van der Waals surface area contributed by atoms with Crippen LogP contribution in [0.25, 0.3) is 20.2 Å². The largest absolute Gasteiger partial charge is 0.493 e. The molecular weight excluding hydrogens is 568 g/mol. The van der Waals surface area contributed by atoms with Crippen molar-refractivity contribution in [3.05, 3.63) is 52.2 Å². The van der Waals surface area contributed by atoms with Gasteiger partial charge in [-0.3, -0.25) is 19.2 Å². The number of carbonyl (C=O) groups excluding carboxylic acids is 3. The van der Waals surface area contributed by atoms with Crippen LogP contribution in [-0.4, -0.2) is 56.0 Å². The average molecular weight is 599 g/mol. The zero-order chi connectivity index (χ0) is 29.5. The highest BCUT2D eigenvalue weighted by atomic mass is 32.1. The highest BCUT2D eigenvalue weighted by Crippen LogP contribution is 2.37. The Hall–Kier alpha value is -3.96. The molecule has 0 fully saturated rings. The summed E-state index contributed by atoms with van der Waals surface area (Å²) >= 11 is 2.67. The van der Waals surface area contributed by atoms with E-state index in [0.29, 0.717) is 46.6 Å². The van der Waals surface area contributed by atoms with Crippen molar-refractivity contribution in [1.29, 1.82) is 0 Å². The molecule has 216 valence electrons. The monoisotopic (exact) mass is 598 g/mol. The predicted molar refractivity (Wildman–Crippen MR) is 157 cm³/mol. The van der Waals surface area contributed by atoms with Crippen LogP contribution in [0.15, 0.2) is 42.5 Å². The van der Waals surface area contributed by atoms with E-state index in [0.717, 1.165) is 20.2 Å². The molecule has 0 saturated heterocycles. The lowest BCUT2D eigenvalue weighted by Gasteiger charge is -2.11. The van der Waals surface area contributed by atoms with E-state index < -0.39 is 17.9 Å². The number of carboxylic acids is 1. The number of carboxylic acid groups (broad SMARTS) is 1. The number of rotatable bonds is 15. The predicted octanol–water partition coefficient (Wildman–Crippen LogP) is 6.40. The number of hydrogen-bond donors (Lipinski definition) is 1. The molecule has 0 radical (unpaired) electrons. The molecule has 0 spiro atoms. The van der Waals surface area contributed by atoms with E-state index in [1.54, 1.807) is 13.2 Å². The van der Waals surface area contributed by atoms with Gasteiger partial charge in [0, 0.05) is 34.7 Å². The lowest BCUT2D eigenvalue weighted by Crippen LogP contribution is -2.13. The minimum Gasteiger partial charge on any atom is -0.493 e. The van der Waals surface area contributed by atoms with Crippen LogP contribution >= 0.6 is 22.7 Å². The maximum Gasteiger partial charge on any atom is 0.306 e.